The Morgan fingerprint density at radius 2 is 2.00 bits per heavy atom. The van der Waals surface area contributed by atoms with Crippen molar-refractivity contribution in [1.29, 1.82) is 5.26 Å². The third kappa shape index (κ3) is 12.3. The maximum Gasteiger partial charge on any atom is 1.00 e. The van der Waals surface area contributed by atoms with E-state index in [-0.39, 0.29) is 41.9 Å². The van der Waals surface area contributed by atoms with Crippen molar-refractivity contribution in [2.75, 3.05) is 0 Å². The monoisotopic (exact) mass is 303 g/mol. The van der Waals surface area contributed by atoms with Crippen LogP contribution in [0.3, 0.4) is 0 Å². The van der Waals surface area contributed by atoms with Crippen molar-refractivity contribution < 1.29 is 39.5 Å². The molecule has 6 heteroatoms. The molecule has 1 rings (SSSR count). The van der Waals surface area contributed by atoms with E-state index >= 15 is 0 Å². The number of hydrogen-bond donors (Lipinski definition) is 1. The van der Waals surface area contributed by atoms with Gasteiger partial charge in [-0.05, 0) is 18.9 Å². The van der Waals surface area contributed by atoms with Crippen LogP contribution in [0.4, 0.5) is 0 Å². The molecule has 0 aliphatic heterocycles. The molecule has 0 saturated heterocycles. The van der Waals surface area contributed by atoms with Crippen molar-refractivity contribution in [3.05, 3.63) is 35.9 Å². The first-order chi connectivity index (χ1) is 8.47. The molecule has 0 saturated carbocycles. The van der Waals surface area contributed by atoms with Crippen molar-refractivity contribution in [3.8, 4) is 6.07 Å². The number of carboxylic acids is 1. The van der Waals surface area contributed by atoms with E-state index in [1.165, 1.54) is 0 Å². The maximum absolute atomic E-state index is 9.91. The molecule has 0 aromatic heterocycles. The summed E-state index contributed by atoms with van der Waals surface area (Å²) in [5.74, 6) is -0.974. The van der Waals surface area contributed by atoms with Crippen LogP contribution in [0.1, 0.15) is 25.3 Å². The number of rotatable bonds is 4. The molecule has 1 atom stereocenters. The standard InChI is InChI=1S/C7H6S2.C6H9NO2.Na/c8-7(9)6-4-2-1-3-5-6;1-5(4-7)2-3-6(8)9;/h1-5H,(H,8,9);5H,2-3H2,1H3,(H,8,9);/q;;+1/p-1. The first-order valence-corrected chi connectivity index (χ1v) is 6.16. The summed E-state index contributed by atoms with van der Waals surface area (Å²) >= 11 is 9.55. The van der Waals surface area contributed by atoms with Crippen LogP contribution < -0.4 is 29.6 Å². The Bertz CT molecular complexity index is 432. The largest absolute Gasteiger partial charge is 1.00 e. The second kappa shape index (κ2) is 12.5. The first-order valence-electron chi connectivity index (χ1n) is 5.35. The van der Waals surface area contributed by atoms with Gasteiger partial charge >= 0.3 is 35.5 Å². The van der Waals surface area contributed by atoms with Crippen LogP contribution in [0.15, 0.2) is 30.3 Å². The molecule has 0 heterocycles. The molecule has 1 aromatic carbocycles. The molecular formula is C13H14NNaO2S2. The Kier molecular flexibility index (Phi) is 13.7. The van der Waals surface area contributed by atoms with Crippen LogP contribution in [0, 0.1) is 17.2 Å². The van der Waals surface area contributed by atoms with Gasteiger partial charge in [-0.25, -0.2) is 0 Å². The summed E-state index contributed by atoms with van der Waals surface area (Å²) in [4.78, 5) is 9.91. The quantitative estimate of drug-likeness (QED) is 0.479. The smallest absolute Gasteiger partial charge is 0.481 e. The summed E-state index contributed by atoms with van der Waals surface area (Å²) < 4.78 is 0.538. The van der Waals surface area contributed by atoms with Crippen molar-refractivity contribution in [1.82, 2.24) is 0 Å². The van der Waals surface area contributed by atoms with E-state index in [1.807, 2.05) is 36.4 Å². The SMILES string of the molecule is CC(C#N)CCC(=O)O.S=C([S-])c1ccccc1.[Na+]. The minimum Gasteiger partial charge on any atom is -0.481 e. The number of carbonyl (C=O) groups is 1. The summed E-state index contributed by atoms with van der Waals surface area (Å²) in [5, 5.41) is 16.4. The number of nitrogens with zero attached hydrogens (tertiary/aromatic N) is 1. The van der Waals surface area contributed by atoms with Crippen molar-refractivity contribution in [2.24, 2.45) is 5.92 Å². The van der Waals surface area contributed by atoms with Gasteiger partial charge in [0.05, 0.1) is 6.07 Å². The second-order valence-corrected chi connectivity index (χ2v) is 4.69. The molecule has 1 unspecified atom stereocenters. The van der Waals surface area contributed by atoms with Crippen LogP contribution in [0.5, 0.6) is 0 Å². The van der Waals surface area contributed by atoms with Gasteiger partial charge in [0.2, 0.25) is 0 Å². The number of benzene rings is 1. The zero-order valence-electron chi connectivity index (χ0n) is 11.0. The fraction of sp³-hybridized carbons (Fsp3) is 0.308. The Balaban J connectivity index is 0. The number of thiocarbonyl (C=S) groups is 1. The maximum atomic E-state index is 9.91. The van der Waals surface area contributed by atoms with E-state index in [2.05, 4.69) is 0 Å². The number of carboxylic acid groups (broad SMARTS) is 1. The van der Waals surface area contributed by atoms with Gasteiger partial charge in [0.1, 0.15) is 0 Å². The van der Waals surface area contributed by atoms with Gasteiger partial charge in [-0.2, -0.15) is 5.26 Å². The van der Waals surface area contributed by atoms with E-state index in [1.54, 1.807) is 6.92 Å². The number of hydrogen-bond acceptors (Lipinski definition) is 4. The first kappa shape index (κ1) is 20.8. The molecule has 3 nitrogen and oxygen atoms in total. The molecule has 96 valence electrons. The van der Waals surface area contributed by atoms with E-state index < -0.39 is 5.97 Å². The summed E-state index contributed by atoms with van der Waals surface area (Å²) in [6.45, 7) is 1.71. The minimum absolute atomic E-state index is 0. The van der Waals surface area contributed by atoms with Crippen molar-refractivity contribution in [2.45, 2.75) is 19.8 Å². The van der Waals surface area contributed by atoms with Crippen LogP contribution in [0.25, 0.3) is 0 Å². The number of aliphatic carboxylic acids is 1. The predicted octanol–water partition coefficient (Wildman–Crippen LogP) is -0.0761. The van der Waals surface area contributed by atoms with Crippen LogP contribution in [-0.2, 0) is 17.4 Å². The fourth-order valence-electron chi connectivity index (χ4n) is 0.979. The zero-order chi connectivity index (χ0) is 14.0. The molecule has 1 N–H and O–H groups in total. The van der Waals surface area contributed by atoms with E-state index in [0.717, 1.165) is 5.56 Å². The second-order valence-electron chi connectivity index (χ2n) is 3.62. The van der Waals surface area contributed by atoms with E-state index in [9.17, 15) is 4.79 Å². The molecule has 0 aliphatic carbocycles. The van der Waals surface area contributed by atoms with E-state index in [0.29, 0.717) is 10.6 Å². The molecule has 1 aromatic rings. The van der Waals surface area contributed by atoms with Gasteiger partial charge in [-0.3, -0.25) is 4.79 Å². The normalized spacial score (nSPS) is 9.89. The zero-order valence-corrected chi connectivity index (χ0v) is 14.6. The van der Waals surface area contributed by atoms with Crippen LogP contribution >= 0.6 is 12.2 Å². The van der Waals surface area contributed by atoms with E-state index in [4.69, 9.17) is 35.2 Å². The molecule has 0 spiro atoms. The van der Waals surface area contributed by atoms with Gasteiger partial charge in [0.25, 0.3) is 0 Å². The molecule has 0 fully saturated rings. The minimum atomic E-state index is -0.836. The Morgan fingerprint density at radius 1 is 1.47 bits per heavy atom. The topological polar surface area (TPSA) is 61.1 Å². The molecule has 19 heavy (non-hydrogen) atoms. The third-order valence-corrected chi connectivity index (χ3v) is 2.49. The van der Waals surface area contributed by atoms with Crippen LogP contribution in [0.2, 0.25) is 0 Å². The molecular weight excluding hydrogens is 289 g/mol. The number of nitriles is 1. The Hall–Kier alpha value is -0.510. The summed E-state index contributed by atoms with van der Waals surface area (Å²) in [7, 11) is 0. The van der Waals surface area contributed by atoms with Gasteiger partial charge < -0.3 is 30.0 Å². The summed E-state index contributed by atoms with van der Waals surface area (Å²) in [6.07, 6.45) is 0.542. The Morgan fingerprint density at radius 3 is 2.32 bits per heavy atom. The molecule has 0 aliphatic rings. The average molecular weight is 303 g/mol. The van der Waals surface area contributed by atoms with Gasteiger partial charge in [0.15, 0.2) is 0 Å². The summed E-state index contributed by atoms with van der Waals surface area (Å²) in [6, 6.07) is 11.6. The van der Waals surface area contributed by atoms with Gasteiger partial charge in [-0.1, -0.05) is 30.3 Å². The molecule has 0 radical (unpaired) electrons. The fourth-order valence-corrected chi connectivity index (χ4v) is 1.25. The van der Waals surface area contributed by atoms with Gasteiger partial charge in [-0.15, -0.1) is 4.20 Å². The molecule has 0 bridgehead atoms. The average Bonchev–Trinajstić information content (AvgIpc) is 2.37. The Labute approximate surface area is 146 Å². The third-order valence-electron chi connectivity index (χ3n) is 2.02. The predicted molar refractivity (Wildman–Crippen MR) is 77.2 cm³/mol. The van der Waals surface area contributed by atoms with Gasteiger partial charge in [0, 0.05) is 12.3 Å². The molecule has 0 amide bonds. The summed E-state index contributed by atoms with van der Waals surface area (Å²) in [5.41, 5.74) is 0.961. The van der Waals surface area contributed by atoms with Crippen molar-refractivity contribution in [3.63, 3.8) is 0 Å². The van der Waals surface area contributed by atoms with Crippen LogP contribution in [-0.4, -0.2) is 15.3 Å². The van der Waals surface area contributed by atoms with Crippen molar-refractivity contribution >= 4 is 35.0 Å².